The maximum absolute atomic E-state index is 12.9. The van der Waals surface area contributed by atoms with Gasteiger partial charge in [0.1, 0.15) is 11.8 Å². The molecule has 1 aromatic heterocycles. The van der Waals surface area contributed by atoms with E-state index >= 15 is 0 Å². The summed E-state index contributed by atoms with van der Waals surface area (Å²) in [4.78, 5) is 31.5. The lowest BCUT2D eigenvalue weighted by Crippen LogP contribution is -2.36. The van der Waals surface area contributed by atoms with Crippen molar-refractivity contribution in [3.05, 3.63) is 70.0 Å². The molecule has 1 N–H and O–H groups in total. The fourth-order valence-corrected chi connectivity index (χ4v) is 3.95. The Balaban J connectivity index is 1.80. The topological polar surface area (TPSA) is 79.7 Å². The second-order valence-corrected chi connectivity index (χ2v) is 7.76. The number of pyridine rings is 1. The van der Waals surface area contributed by atoms with Crippen LogP contribution in [0.5, 0.6) is 0 Å². The van der Waals surface area contributed by atoms with Gasteiger partial charge in [0.15, 0.2) is 0 Å². The lowest BCUT2D eigenvalue weighted by atomic mass is 9.98. The van der Waals surface area contributed by atoms with Crippen LogP contribution in [0.2, 0.25) is 0 Å². The number of ether oxygens (including phenoxy) is 1. The van der Waals surface area contributed by atoms with E-state index in [1.807, 2.05) is 0 Å². The van der Waals surface area contributed by atoms with Gasteiger partial charge < -0.3 is 14.7 Å². The van der Waals surface area contributed by atoms with E-state index in [4.69, 9.17) is 4.74 Å². The number of aliphatic hydroxyl groups excluding tert-OH is 1. The van der Waals surface area contributed by atoms with Crippen LogP contribution in [-0.2, 0) is 14.3 Å². The summed E-state index contributed by atoms with van der Waals surface area (Å²) in [5.41, 5.74) is 1.07. The first kappa shape index (κ1) is 18.8. The molecule has 2 unspecified atom stereocenters. The molecule has 0 radical (unpaired) electrons. The Morgan fingerprint density at radius 1 is 1.21 bits per heavy atom. The Labute approximate surface area is 171 Å². The predicted octanol–water partition coefficient (Wildman–Crippen LogP) is 3.44. The molecule has 2 aliphatic rings. The Morgan fingerprint density at radius 2 is 2.00 bits per heavy atom. The van der Waals surface area contributed by atoms with E-state index in [-0.39, 0.29) is 17.4 Å². The fourth-order valence-electron chi connectivity index (χ4n) is 3.68. The summed E-state index contributed by atoms with van der Waals surface area (Å²) in [5, 5.41) is 10.9. The number of halogens is 1. The summed E-state index contributed by atoms with van der Waals surface area (Å²) >= 11 is 3.36. The smallest absolute Gasteiger partial charge is 0.295 e. The zero-order valence-electron chi connectivity index (χ0n) is 15.0. The number of ketones is 1. The largest absolute Gasteiger partial charge is 0.507 e. The van der Waals surface area contributed by atoms with Gasteiger partial charge in [-0.25, -0.2) is 0 Å². The number of rotatable bonds is 4. The van der Waals surface area contributed by atoms with Crippen LogP contribution < -0.4 is 0 Å². The molecule has 28 heavy (non-hydrogen) atoms. The van der Waals surface area contributed by atoms with Gasteiger partial charge in [-0.05, 0) is 37.1 Å². The molecule has 7 heteroatoms. The highest BCUT2D eigenvalue weighted by Crippen LogP contribution is 2.39. The number of carbonyl (C=O) groups excluding carboxylic acids is 2. The minimum Gasteiger partial charge on any atom is -0.507 e. The number of carbonyl (C=O) groups is 2. The number of hydrogen-bond donors (Lipinski definition) is 1. The van der Waals surface area contributed by atoms with Crippen LogP contribution in [0.15, 0.2) is 58.7 Å². The van der Waals surface area contributed by atoms with Gasteiger partial charge in [0.05, 0.1) is 17.4 Å². The highest BCUT2D eigenvalue weighted by Gasteiger charge is 2.47. The van der Waals surface area contributed by atoms with Crippen molar-refractivity contribution in [3.63, 3.8) is 0 Å². The van der Waals surface area contributed by atoms with E-state index in [0.717, 1.165) is 17.3 Å². The Kier molecular flexibility index (Phi) is 5.28. The van der Waals surface area contributed by atoms with Crippen LogP contribution in [0.25, 0.3) is 5.76 Å². The summed E-state index contributed by atoms with van der Waals surface area (Å²) in [6.07, 6.45) is 3.27. The quantitative estimate of drug-likeness (QED) is 0.445. The van der Waals surface area contributed by atoms with Crippen molar-refractivity contribution in [1.82, 2.24) is 9.88 Å². The molecule has 2 aromatic rings. The van der Waals surface area contributed by atoms with Gasteiger partial charge >= 0.3 is 0 Å². The Bertz CT molecular complexity index is 921. The molecule has 6 nitrogen and oxygen atoms in total. The molecule has 2 atom stereocenters. The minimum atomic E-state index is -0.742. The lowest BCUT2D eigenvalue weighted by molar-refractivity contribution is -0.140. The molecule has 4 rings (SSSR count). The summed E-state index contributed by atoms with van der Waals surface area (Å²) in [5.74, 6) is -1.53. The number of Topliss-reactive ketones (excluding diaryl/α,β-unsaturated/α-hetero) is 1. The van der Waals surface area contributed by atoms with Crippen molar-refractivity contribution in [1.29, 1.82) is 0 Å². The zero-order chi connectivity index (χ0) is 19.7. The summed E-state index contributed by atoms with van der Waals surface area (Å²) in [6.45, 7) is 0.949. The number of amides is 1. The van der Waals surface area contributed by atoms with Crippen LogP contribution >= 0.6 is 15.9 Å². The van der Waals surface area contributed by atoms with E-state index in [1.54, 1.807) is 48.7 Å². The molecule has 3 heterocycles. The lowest BCUT2D eigenvalue weighted by Gasteiger charge is -2.26. The van der Waals surface area contributed by atoms with Crippen LogP contribution in [0.3, 0.4) is 0 Å². The van der Waals surface area contributed by atoms with Crippen molar-refractivity contribution in [2.75, 3.05) is 13.2 Å². The fraction of sp³-hybridized carbons (Fsp3) is 0.286. The Hall–Kier alpha value is -2.51. The van der Waals surface area contributed by atoms with Gasteiger partial charge in [0.25, 0.3) is 11.7 Å². The van der Waals surface area contributed by atoms with E-state index in [0.29, 0.717) is 24.4 Å². The molecule has 0 spiro atoms. The highest BCUT2D eigenvalue weighted by molar-refractivity contribution is 9.10. The van der Waals surface area contributed by atoms with Crippen LogP contribution in [-0.4, -0.2) is 45.9 Å². The molecule has 0 saturated carbocycles. The third kappa shape index (κ3) is 3.47. The molecule has 2 aliphatic heterocycles. The number of benzene rings is 1. The first-order chi connectivity index (χ1) is 13.6. The Morgan fingerprint density at radius 3 is 2.64 bits per heavy atom. The summed E-state index contributed by atoms with van der Waals surface area (Å²) in [6, 6.07) is 11.5. The number of nitrogens with zero attached hydrogens (tertiary/aromatic N) is 2. The number of aromatic nitrogens is 1. The van der Waals surface area contributed by atoms with Crippen molar-refractivity contribution in [2.45, 2.75) is 25.0 Å². The molecule has 1 amide bonds. The van der Waals surface area contributed by atoms with Gasteiger partial charge in [0, 0.05) is 29.4 Å². The monoisotopic (exact) mass is 442 g/mol. The van der Waals surface area contributed by atoms with E-state index in [1.165, 1.54) is 4.90 Å². The molecule has 2 fully saturated rings. The van der Waals surface area contributed by atoms with Crippen LogP contribution in [0.4, 0.5) is 0 Å². The molecule has 1 aromatic carbocycles. The second-order valence-electron chi connectivity index (χ2n) is 6.85. The number of likely N-dealkylation sites (tertiary alicyclic amines) is 1. The maximum Gasteiger partial charge on any atom is 0.295 e. The second kappa shape index (κ2) is 7.85. The zero-order valence-corrected chi connectivity index (χ0v) is 16.6. The average molecular weight is 443 g/mol. The normalized spacial score (nSPS) is 24.1. The molecule has 0 bridgehead atoms. The molecular weight excluding hydrogens is 424 g/mol. The average Bonchev–Trinajstić information content (AvgIpc) is 3.31. The van der Waals surface area contributed by atoms with Gasteiger partial charge in [0.2, 0.25) is 0 Å². The van der Waals surface area contributed by atoms with Crippen molar-refractivity contribution < 1.29 is 19.4 Å². The standard InChI is InChI=1S/C21H19BrN2O4/c22-14-8-6-13(7-9-14)19(25)17-18(16-5-1-2-10-23-16)24(21(27)20(17)26)12-15-4-3-11-28-15/h1-2,5-10,15,18,25H,3-4,11-12H2/b19-17-. The van der Waals surface area contributed by atoms with Crippen molar-refractivity contribution in [3.8, 4) is 0 Å². The summed E-state index contributed by atoms with van der Waals surface area (Å²) < 4.78 is 6.52. The van der Waals surface area contributed by atoms with Crippen LogP contribution in [0, 0.1) is 0 Å². The first-order valence-electron chi connectivity index (χ1n) is 9.13. The highest BCUT2D eigenvalue weighted by atomic mass is 79.9. The first-order valence-corrected chi connectivity index (χ1v) is 9.92. The molecular formula is C21H19BrN2O4. The minimum absolute atomic E-state index is 0.0593. The molecule has 0 aliphatic carbocycles. The molecule has 144 valence electrons. The van der Waals surface area contributed by atoms with Crippen LogP contribution in [0.1, 0.15) is 30.1 Å². The van der Waals surface area contributed by atoms with Crippen molar-refractivity contribution in [2.24, 2.45) is 0 Å². The maximum atomic E-state index is 12.9. The van der Waals surface area contributed by atoms with Gasteiger partial charge in [-0.15, -0.1) is 0 Å². The van der Waals surface area contributed by atoms with Gasteiger partial charge in [-0.2, -0.15) is 0 Å². The third-order valence-electron chi connectivity index (χ3n) is 5.05. The number of hydrogen-bond acceptors (Lipinski definition) is 5. The SMILES string of the molecule is O=C1C(=O)N(CC2CCCO2)C(c2ccccn2)/C1=C(/O)c1ccc(Br)cc1. The predicted molar refractivity (Wildman–Crippen MR) is 106 cm³/mol. The third-order valence-corrected chi connectivity index (χ3v) is 5.58. The van der Waals surface area contributed by atoms with Gasteiger partial charge in [-0.3, -0.25) is 14.6 Å². The van der Waals surface area contributed by atoms with E-state index in [9.17, 15) is 14.7 Å². The molecule has 2 saturated heterocycles. The number of aliphatic hydroxyl groups is 1. The summed E-state index contributed by atoms with van der Waals surface area (Å²) in [7, 11) is 0. The van der Waals surface area contributed by atoms with Crippen molar-refractivity contribution >= 4 is 33.4 Å². The van der Waals surface area contributed by atoms with E-state index < -0.39 is 17.7 Å². The van der Waals surface area contributed by atoms with Gasteiger partial charge in [-0.1, -0.05) is 34.1 Å². The van der Waals surface area contributed by atoms with E-state index in [2.05, 4.69) is 20.9 Å².